The van der Waals surface area contributed by atoms with Gasteiger partial charge in [-0.3, -0.25) is 4.99 Å². The standard InChI is InChI=1S/C16H26F2N4O3S/c1-4-26(23,24)22-9-5-8-20-16(19-3)21-11-13-10-12(2)6-7-14(13)25-15(17)18/h6-7,10,15,22H,4-5,8-9,11H2,1-3H3,(H2,19,20,21). The van der Waals surface area contributed by atoms with Crippen LogP contribution in [0.15, 0.2) is 23.2 Å². The molecule has 1 rings (SSSR count). The Hall–Kier alpha value is -1.94. The predicted octanol–water partition coefficient (Wildman–Crippen LogP) is 1.59. The lowest BCUT2D eigenvalue weighted by Gasteiger charge is -2.15. The van der Waals surface area contributed by atoms with Crippen LogP contribution in [0, 0.1) is 6.92 Å². The van der Waals surface area contributed by atoms with Crippen molar-refractivity contribution in [1.82, 2.24) is 15.4 Å². The van der Waals surface area contributed by atoms with E-state index in [1.165, 1.54) is 6.07 Å². The van der Waals surface area contributed by atoms with E-state index in [9.17, 15) is 17.2 Å². The molecule has 0 aromatic heterocycles. The fraction of sp³-hybridized carbons (Fsp3) is 0.562. The van der Waals surface area contributed by atoms with E-state index in [1.807, 2.05) is 6.92 Å². The Morgan fingerprint density at radius 2 is 2.00 bits per heavy atom. The second-order valence-electron chi connectivity index (χ2n) is 5.49. The molecule has 0 atom stereocenters. The summed E-state index contributed by atoms with van der Waals surface area (Å²) >= 11 is 0. The number of halogens is 2. The number of sulfonamides is 1. The monoisotopic (exact) mass is 392 g/mol. The normalized spacial score (nSPS) is 12.3. The Kier molecular flexibility index (Phi) is 9.28. The molecule has 26 heavy (non-hydrogen) atoms. The maximum absolute atomic E-state index is 12.5. The van der Waals surface area contributed by atoms with Gasteiger partial charge in [-0.2, -0.15) is 8.78 Å². The van der Waals surface area contributed by atoms with E-state index in [0.717, 1.165) is 5.56 Å². The van der Waals surface area contributed by atoms with Crippen molar-refractivity contribution >= 4 is 16.0 Å². The lowest BCUT2D eigenvalue weighted by atomic mass is 10.1. The van der Waals surface area contributed by atoms with Crippen LogP contribution < -0.4 is 20.1 Å². The maximum atomic E-state index is 12.5. The van der Waals surface area contributed by atoms with Crippen LogP contribution >= 0.6 is 0 Å². The summed E-state index contributed by atoms with van der Waals surface area (Å²) in [5.41, 5.74) is 1.51. The van der Waals surface area contributed by atoms with E-state index in [-0.39, 0.29) is 18.0 Å². The highest BCUT2D eigenvalue weighted by molar-refractivity contribution is 7.89. The van der Waals surface area contributed by atoms with Gasteiger partial charge in [0.2, 0.25) is 10.0 Å². The van der Waals surface area contributed by atoms with Gasteiger partial charge in [0.05, 0.1) is 5.75 Å². The summed E-state index contributed by atoms with van der Waals surface area (Å²) in [4.78, 5) is 4.05. The minimum absolute atomic E-state index is 0.0448. The molecule has 0 aliphatic heterocycles. The highest BCUT2D eigenvalue weighted by Crippen LogP contribution is 2.21. The highest BCUT2D eigenvalue weighted by atomic mass is 32.2. The van der Waals surface area contributed by atoms with Crippen LogP contribution in [0.25, 0.3) is 0 Å². The molecule has 0 bridgehead atoms. The molecule has 3 N–H and O–H groups in total. The summed E-state index contributed by atoms with van der Waals surface area (Å²) in [6.07, 6.45) is 0.574. The van der Waals surface area contributed by atoms with Crippen molar-refractivity contribution in [2.45, 2.75) is 33.4 Å². The van der Waals surface area contributed by atoms with E-state index >= 15 is 0 Å². The SMILES string of the molecule is CCS(=O)(=O)NCCCNC(=NC)NCc1cc(C)ccc1OC(F)F. The molecule has 0 heterocycles. The summed E-state index contributed by atoms with van der Waals surface area (Å²) < 4.78 is 54.6. The molecule has 7 nitrogen and oxygen atoms in total. The smallest absolute Gasteiger partial charge is 0.387 e. The number of rotatable bonds is 10. The van der Waals surface area contributed by atoms with E-state index in [0.29, 0.717) is 31.0 Å². The quantitative estimate of drug-likeness (QED) is 0.320. The number of aryl methyl sites for hydroxylation is 1. The first-order chi connectivity index (χ1) is 12.3. The van der Waals surface area contributed by atoms with E-state index < -0.39 is 16.6 Å². The third-order valence-corrected chi connectivity index (χ3v) is 4.85. The second kappa shape index (κ2) is 10.9. The summed E-state index contributed by atoms with van der Waals surface area (Å²) in [6, 6.07) is 4.97. The van der Waals surface area contributed by atoms with Gasteiger partial charge in [0.1, 0.15) is 5.75 Å². The number of nitrogens with one attached hydrogen (secondary N) is 3. The first-order valence-corrected chi connectivity index (χ1v) is 9.88. The Bertz CT molecular complexity index is 697. The summed E-state index contributed by atoms with van der Waals surface area (Å²) in [7, 11) is -1.60. The van der Waals surface area contributed by atoms with Gasteiger partial charge in [0, 0.05) is 32.2 Å². The van der Waals surface area contributed by atoms with Gasteiger partial charge >= 0.3 is 6.61 Å². The minimum atomic E-state index is -3.19. The van der Waals surface area contributed by atoms with Crippen molar-refractivity contribution < 1.29 is 21.9 Å². The first-order valence-electron chi connectivity index (χ1n) is 8.23. The Balaban J connectivity index is 2.48. The van der Waals surface area contributed by atoms with E-state index in [2.05, 4.69) is 25.1 Å². The number of hydrogen-bond acceptors (Lipinski definition) is 4. The van der Waals surface area contributed by atoms with Crippen LogP contribution in [-0.4, -0.2) is 46.9 Å². The van der Waals surface area contributed by atoms with Crippen LogP contribution in [0.2, 0.25) is 0 Å². The molecular weight excluding hydrogens is 366 g/mol. The van der Waals surface area contributed by atoms with Gasteiger partial charge in [-0.1, -0.05) is 17.7 Å². The molecular formula is C16H26F2N4O3S. The molecule has 1 aromatic carbocycles. The van der Waals surface area contributed by atoms with Crippen molar-refractivity contribution in [3.05, 3.63) is 29.3 Å². The third kappa shape index (κ3) is 8.43. The number of aliphatic imine (C=N–C) groups is 1. The van der Waals surface area contributed by atoms with Crippen molar-refractivity contribution in [2.75, 3.05) is 25.9 Å². The van der Waals surface area contributed by atoms with Crippen LogP contribution in [0.3, 0.4) is 0 Å². The van der Waals surface area contributed by atoms with Crippen molar-refractivity contribution in [3.63, 3.8) is 0 Å². The van der Waals surface area contributed by atoms with Crippen LogP contribution in [0.4, 0.5) is 8.78 Å². The van der Waals surface area contributed by atoms with Crippen LogP contribution in [0.1, 0.15) is 24.5 Å². The van der Waals surface area contributed by atoms with Gasteiger partial charge in [-0.15, -0.1) is 0 Å². The maximum Gasteiger partial charge on any atom is 0.387 e. The van der Waals surface area contributed by atoms with Gasteiger partial charge in [0.25, 0.3) is 0 Å². The van der Waals surface area contributed by atoms with Crippen LogP contribution in [0.5, 0.6) is 5.75 Å². The number of ether oxygens (including phenoxy) is 1. The number of alkyl halides is 2. The third-order valence-electron chi connectivity index (χ3n) is 3.45. The molecule has 0 saturated carbocycles. The number of nitrogens with zero attached hydrogens (tertiary/aromatic N) is 1. The molecule has 0 fully saturated rings. The van der Waals surface area contributed by atoms with Gasteiger partial charge in [-0.25, -0.2) is 13.1 Å². The van der Waals surface area contributed by atoms with Gasteiger partial charge in [0.15, 0.2) is 5.96 Å². The number of benzene rings is 1. The van der Waals surface area contributed by atoms with Crippen molar-refractivity contribution in [2.24, 2.45) is 4.99 Å². The Morgan fingerprint density at radius 3 is 2.62 bits per heavy atom. The van der Waals surface area contributed by atoms with Gasteiger partial charge in [-0.05, 0) is 26.3 Å². The second-order valence-corrected chi connectivity index (χ2v) is 7.59. The van der Waals surface area contributed by atoms with E-state index in [1.54, 1.807) is 26.1 Å². The lowest BCUT2D eigenvalue weighted by molar-refractivity contribution is -0.0504. The largest absolute Gasteiger partial charge is 0.434 e. The van der Waals surface area contributed by atoms with Crippen LogP contribution in [-0.2, 0) is 16.6 Å². The molecule has 0 unspecified atom stereocenters. The number of guanidine groups is 1. The Labute approximate surface area is 153 Å². The molecule has 10 heteroatoms. The first kappa shape index (κ1) is 22.1. The predicted molar refractivity (Wildman–Crippen MR) is 98.1 cm³/mol. The molecule has 0 radical (unpaired) electrons. The zero-order valence-corrected chi connectivity index (χ0v) is 16.0. The molecule has 1 aromatic rings. The highest BCUT2D eigenvalue weighted by Gasteiger charge is 2.10. The molecule has 0 aliphatic rings. The lowest BCUT2D eigenvalue weighted by Crippen LogP contribution is -2.38. The number of hydrogen-bond donors (Lipinski definition) is 3. The summed E-state index contributed by atoms with van der Waals surface area (Å²) in [5, 5.41) is 6.05. The molecule has 0 amide bonds. The zero-order chi connectivity index (χ0) is 19.6. The molecule has 0 aliphatic carbocycles. The Morgan fingerprint density at radius 1 is 1.27 bits per heavy atom. The average Bonchev–Trinajstić information content (AvgIpc) is 2.59. The van der Waals surface area contributed by atoms with Gasteiger partial charge < -0.3 is 15.4 Å². The summed E-state index contributed by atoms with van der Waals surface area (Å²) in [5.74, 6) is 0.638. The fourth-order valence-corrected chi connectivity index (χ4v) is 2.74. The molecule has 148 valence electrons. The van der Waals surface area contributed by atoms with E-state index in [4.69, 9.17) is 0 Å². The van der Waals surface area contributed by atoms with Crippen molar-refractivity contribution in [1.29, 1.82) is 0 Å². The molecule has 0 saturated heterocycles. The summed E-state index contributed by atoms with van der Waals surface area (Å²) in [6.45, 7) is 1.63. The fourth-order valence-electron chi connectivity index (χ4n) is 2.08. The average molecular weight is 392 g/mol. The minimum Gasteiger partial charge on any atom is -0.434 e. The topological polar surface area (TPSA) is 91.8 Å². The zero-order valence-electron chi connectivity index (χ0n) is 15.2. The van der Waals surface area contributed by atoms with Crippen molar-refractivity contribution in [3.8, 4) is 5.75 Å². The molecule has 0 spiro atoms.